The molecule has 0 bridgehead atoms. The van der Waals surface area contributed by atoms with Gasteiger partial charge in [0.1, 0.15) is 13.2 Å². The number of carbonyl (C=O) groups is 1. The van der Waals surface area contributed by atoms with Crippen LogP contribution in [0.4, 0.5) is 0 Å². The van der Waals surface area contributed by atoms with Crippen LogP contribution in [0.3, 0.4) is 0 Å². The van der Waals surface area contributed by atoms with E-state index in [1.807, 2.05) is 12.1 Å². The summed E-state index contributed by atoms with van der Waals surface area (Å²) in [4.78, 5) is 23.4. The van der Waals surface area contributed by atoms with Crippen LogP contribution in [0.1, 0.15) is 0 Å². The maximum Gasteiger partial charge on any atom is 0.327 e. The Kier molecular flexibility index (Phi) is 4.11. The lowest BCUT2D eigenvalue weighted by Gasteiger charge is -2.03. The molecule has 0 N–H and O–H groups in total. The third-order valence-electron chi connectivity index (χ3n) is 2.38. The lowest BCUT2D eigenvalue weighted by molar-refractivity contribution is -0.145. The molecule has 0 saturated carbocycles. The van der Waals surface area contributed by atoms with Gasteiger partial charge in [0, 0.05) is 7.11 Å². The number of nitrogens with zero attached hydrogens (tertiary/aromatic N) is 1. The number of hydrogen-bond donors (Lipinski definition) is 0. The number of methoxy groups -OCH3 is 1. The van der Waals surface area contributed by atoms with E-state index in [1.54, 1.807) is 12.1 Å². The fourth-order valence-corrected chi connectivity index (χ4v) is 2.51. The topological polar surface area (TPSA) is 57.5 Å². The average molecular weight is 267 g/mol. The van der Waals surface area contributed by atoms with Crippen LogP contribution >= 0.6 is 11.5 Å². The second-order valence-electron chi connectivity index (χ2n) is 3.64. The summed E-state index contributed by atoms with van der Waals surface area (Å²) in [6.45, 7) is 0.504. The minimum absolute atomic E-state index is 0.0537. The van der Waals surface area contributed by atoms with Gasteiger partial charge in [0.2, 0.25) is 0 Å². The number of benzene rings is 1. The summed E-state index contributed by atoms with van der Waals surface area (Å²) in [6.07, 6.45) is 0. The van der Waals surface area contributed by atoms with Gasteiger partial charge in [-0.2, -0.15) is 0 Å². The fraction of sp³-hybridized carbons (Fsp3) is 0.333. The van der Waals surface area contributed by atoms with Gasteiger partial charge >= 0.3 is 5.97 Å². The maximum atomic E-state index is 11.9. The monoisotopic (exact) mass is 267 g/mol. The molecule has 0 aliphatic rings. The van der Waals surface area contributed by atoms with E-state index in [2.05, 4.69) is 0 Å². The molecule has 1 aromatic heterocycles. The summed E-state index contributed by atoms with van der Waals surface area (Å²) in [5.74, 6) is -0.430. The van der Waals surface area contributed by atoms with Gasteiger partial charge < -0.3 is 9.47 Å². The molecule has 2 aromatic rings. The van der Waals surface area contributed by atoms with E-state index in [1.165, 1.54) is 22.6 Å². The summed E-state index contributed by atoms with van der Waals surface area (Å²) >= 11 is 1.26. The first-order valence-corrected chi connectivity index (χ1v) is 6.23. The van der Waals surface area contributed by atoms with Gasteiger partial charge in [-0.15, -0.1) is 0 Å². The molecule has 96 valence electrons. The van der Waals surface area contributed by atoms with E-state index >= 15 is 0 Å². The van der Waals surface area contributed by atoms with Gasteiger partial charge in [-0.05, 0) is 12.1 Å². The zero-order chi connectivity index (χ0) is 13.0. The first-order chi connectivity index (χ1) is 8.72. The highest BCUT2D eigenvalue weighted by molar-refractivity contribution is 7.13. The molecule has 0 aliphatic carbocycles. The van der Waals surface area contributed by atoms with Crippen LogP contribution in [0.25, 0.3) is 10.1 Å². The van der Waals surface area contributed by atoms with Gasteiger partial charge in [-0.1, -0.05) is 23.7 Å². The first kappa shape index (κ1) is 12.8. The highest BCUT2D eigenvalue weighted by Gasteiger charge is 2.11. The maximum absolute atomic E-state index is 11.9. The minimum Gasteiger partial charge on any atom is -0.462 e. The molecule has 6 heteroatoms. The molecule has 0 fully saturated rings. The van der Waals surface area contributed by atoms with E-state index < -0.39 is 5.97 Å². The Morgan fingerprint density at radius 1 is 1.33 bits per heavy atom. The molecule has 2 rings (SSSR count). The van der Waals surface area contributed by atoms with Crippen LogP contribution in [0.2, 0.25) is 0 Å². The molecule has 0 radical (unpaired) electrons. The van der Waals surface area contributed by atoms with Crippen LogP contribution in [-0.4, -0.2) is 30.2 Å². The number of ether oxygens (including phenoxy) is 2. The Hall–Kier alpha value is -1.66. The van der Waals surface area contributed by atoms with Crippen LogP contribution in [0.15, 0.2) is 29.1 Å². The number of carbonyl (C=O) groups excluding carboxylic acids is 1. The van der Waals surface area contributed by atoms with Crippen molar-refractivity contribution in [1.82, 2.24) is 3.96 Å². The second-order valence-corrected chi connectivity index (χ2v) is 4.71. The van der Waals surface area contributed by atoms with Gasteiger partial charge in [0.15, 0.2) is 0 Å². The molecule has 0 amide bonds. The zero-order valence-corrected chi connectivity index (χ0v) is 10.7. The number of fused-ring (bicyclic) bond motifs is 1. The lowest BCUT2D eigenvalue weighted by Crippen LogP contribution is -2.21. The smallest absolute Gasteiger partial charge is 0.327 e. The lowest BCUT2D eigenvalue weighted by atomic mass is 10.3. The van der Waals surface area contributed by atoms with Crippen molar-refractivity contribution in [2.45, 2.75) is 6.54 Å². The number of hydrogen-bond acceptors (Lipinski definition) is 5. The minimum atomic E-state index is -0.430. The Labute approximate surface area is 108 Å². The molecule has 0 atom stereocenters. The molecular weight excluding hydrogens is 254 g/mol. The molecule has 0 unspecified atom stereocenters. The van der Waals surface area contributed by atoms with Crippen LogP contribution in [0.5, 0.6) is 0 Å². The SMILES string of the molecule is COCCOC(=O)Cn1sc2ccccc2c1=O. The van der Waals surface area contributed by atoms with Gasteiger partial charge in [-0.3, -0.25) is 13.5 Å². The van der Waals surface area contributed by atoms with Crippen LogP contribution in [0, 0.1) is 0 Å². The van der Waals surface area contributed by atoms with E-state index in [0.29, 0.717) is 12.0 Å². The predicted octanol–water partition coefficient (Wildman–Crippen LogP) is 1.25. The second kappa shape index (κ2) is 5.79. The van der Waals surface area contributed by atoms with Crippen molar-refractivity contribution in [3.63, 3.8) is 0 Å². The summed E-state index contributed by atoms with van der Waals surface area (Å²) in [7, 11) is 1.53. The first-order valence-electron chi connectivity index (χ1n) is 5.46. The van der Waals surface area contributed by atoms with Crippen molar-refractivity contribution in [1.29, 1.82) is 0 Å². The molecule has 5 nitrogen and oxygen atoms in total. The Bertz CT molecular complexity index is 601. The zero-order valence-electron chi connectivity index (χ0n) is 9.92. The van der Waals surface area contributed by atoms with Gasteiger partial charge in [-0.25, -0.2) is 0 Å². The van der Waals surface area contributed by atoms with Crippen molar-refractivity contribution >= 4 is 27.6 Å². The van der Waals surface area contributed by atoms with Gasteiger partial charge in [0.05, 0.1) is 16.7 Å². The highest BCUT2D eigenvalue weighted by Crippen LogP contribution is 2.15. The molecule has 18 heavy (non-hydrogen) atoms. The molecule has 0 saturated heterocycles. The summed E-state index contributed by atoms with van der Waals surface area (Å²) in [5, 5.41) is 0.632. The fourth-order valence-electron chi connectivity index (χ4n) is 1.52. The van der Waals surface area contributed by atoms with E-state index in [0.717, 1.165) is 4.70 Å². The Balaban J connectivity index is 2.10. The predicted molar refractivity (Wildman–Crippen MR) is 68.9 cm³/mol. The molecule has 1 aromatic carbocycles. The molecular formula is C12H13NO4S. The third kappa shape index (κ3) is 2.77. The van der Waals surface area contributed by atoms with E-state index in [4.69, 9.17) is 9.47 Å². The van der Waals surface area contributed by atoms with Crippen molar-refractivity contribution < 1.29 is 14.3 Å². The largest absolute Gasteiger partial charge is 0.462 e. The van der Waals surface area contributed by atoms with Crippen molar-refractivity contribution in [3.05, 3.63) is 34.6 Å². The van der Waals surface area contributed by atoms with E-state index in [-0.39, 0.29) is 18.7 Å². The quantitative estimate of drug-likeness (QED) is 0.604. The third-order valence-corrected chi connectivity index (χ3v) is 3.44. The van der Waals surface area contributed by atoms with Crippen molar-refractivity contribution in [2.75, 3.05) is 20.3 Å². The standard InChI is InChI=1S/C12H13NO4S/c1-16-6-7-17-11(14)8-13-12(15)9-4-2-3-5-10(9)18-13/h2-5H,6-8H2,1H3. The summed E-state index contributed by atoms with van der Waals surface area (Å²) < 4.78 is 12.0. The number of esters is 1. The Morgan fingerprint density at radius 2 is 2.11 bits per heavy atom. The van der Waals surface area contributed by atoms with Crippen molar-refractivity contribution in [2.24, 2.45) is 0 Å². The molecule has 0 spiro atoms. The average Bonchev–Trinajstić information content (AvgIpc) is 2.67. The number of aromatic nitrogens is 1. The molecule has 1 heterocycles. The molecule has 0 aliphatic heterocycles. The normalized spacial score (nSPS) is 10.7. The van der Waals surface area contributed by atoms with Crippen LogP contribution < -0.4 is 5.56 Å². The highest BCUT2D eigenvalue weighted by atomic mass is 32.1. The Morgan fingerprint density at radius 3 is 2.83 bits per heavy atom. The summed E-state index contributed by atoms with van der Waals surface area (Å²) in [6, 6.07) is 7.27. The van der Waals surface area contributed by atoms with Gasteiger partial charge in [0.25, 0.3) is 5.56 Å². The van der Waals surface area contributed by atoms with E-state index in [9.17, 15) is 9.59 Å². The van der Waals surface area contributed by atoms with Crippen molar-refractivity contribution in [3.8, 4) is 0 Å². The number of rotatable bonds is 5. The summed E-state index contributed by atoms with van der Waals surface area (Å²) in [5.41, 5.74) is -0.153. The van der Waals surface area contributed by atoms with Crippen LogP contribution in [-0.2, 0) is 20.8 Å².